The smallest absolute Gasteiger partial charge is 0.0218 e. The van der Waals surface area contributed by atoms with Crippen molar-refractivity contribution in [1.82, 2.24) is 4.90 Å². The van der Waals surface area contributed by atoms with Crippen LogP contribution in [0, 0.1) is 0 Å². The zero-order chi connectivity index (χ0) is 11.7. The maximum Gasteiger partial charge on any atom is 0.0218 e. The molecule has 92 valence electrons. The van der Waals surface area contributed by atoms with E-state index in [1.165, 1.54) is 31.4 Å². The van der Waals surface area contributed by atoms with Gasteiger partial charge in [0, 0.05) is 18.6 Å². The molecule has 0 aromatic rings. The molecule has 0 aliphatic heterocycles. The van der Waals surface area contributed by atoms with Crippen LogP contribution in [-0.2, 0) is 0 Å². The van der Waals surface area contributed by atoms with E-state index in [2.05, 4.69) is 32.1 Å². The molecule has 15 heavy (non-hydrogen) atoms. The molecule has 0 aromatic heterocycles. The number of nitrogens with zero attached hydrogens (tertiary/aromatic N) is 1. The molecule has 0 heterocycles. The van der Waals surface area contributed by atoms with Crippen molar-refractivity contribution in [2.45, 2.75) is 51.6 Å². The van der Waals surface area contributed by atoms with E-state index in [9.17, 15) is 0 Å². The molecule has 2 atom stereocenters. The average molecular weight is 232 g/mol. The van der Waals surface area contributed by atoms with Crippen LogP contribution in [0.2, 0.25) is 0 Å². The molecule has 2 unspecified atom stereocenters. The maximum atomic E-state index is 5.84. The summed E-state index contributed by atoms with van der Waals surface area (Å²) in [6.45, 7) is 5.34. The lowest BCUT2D eigenvalue weighted by Crippen LogP contribution is -2.43. The lowest BCUT2D eigenvalue weighted by Gasteiger charge is -2.32. The average Bonchev–Trinajstić information content (AvgIpc) is 2.24. The van der Waals surface area contributed by atoms with Crippen molar-refractivity contribution in [1.29, 1.82) is 0 Å². The molecule has 0 aromatic carbocycles. The first-order valence-corrected chi connectivity index (χ1v) is 7.47. The number of rotatable bonds is 9. The van der Waals surface area contributed by atoms with Crippen LogP contribution in [-0.4, -0.2) is 42.6 Å². The minimum absolute atomic E-state index is 0.568. The van der Waals surface area contributed by atoms with Gasteiger partial charge in [0.15, 0.2) is 0 Å². The normalized spacial score (nSPS) is 15.6. The van der Waals surface area contributed by atoms with E-state index in [0.29, 0.717) is 12.1 Å². The molecule has 0 bridgehead atoms. The van der Waals surface area contributed by atoms with Gasteiger partial charge in [0.2, 0.25) is 0 Å². The third kappa shape index (κ3) is 6.44. The van der Waals surface area contributed by atoms with Crippen LogP contribution in [0.3, 0.4) is 0 Å². The predicted molar refractivity (Wildman–Crippen MR) is 72.6 cm³/mol. The van der Waals surface area contributed by atoms with E-state index >= 15 is 0 Å². The molecule has 2 N–H and O–H groups in total. The topological polar surface area (TPSA) is 29.3 Å². The van der Waals surface area contributed by atoms with Crippen LogP contribution in [0.15, 0.2) is 0 Å². The Morgan fingerprint density at radius 3 is 2.47 bits per heavy atom. The van der Waals surface area contributed by atoms with E-state index in [1.54, 1.807) is 0 Å². The molecule has 0 fully saturated rings. The number of hydrogen-bond donors (Lipinski definition) is 1. The summed E-state index contributed by atoms with van der Waals surface area (Å²) in [6.07, 6.45) is 7.22. The molecule has 0 amide bonds. The first-order chi connectivity index (χ1) is 7.17. The Kier molecular flexibility index (Phi) is 9.66. The van der Waals surface area contributed by atoms with Crippen molar-refractivity contribution >= 4 is 11.8 Å². The second-order valence-electron chi connectivity index (χ2n) is 4.33. The summed E-state index contributed by atoms with van der Waals surface area (Å²) in [4.78, 5) is 2.46. The summed E-state index contributed by atoms with van der Waals surface area (Å²) in [5.74, 6) is 1.26. The summed E-state index contributed by atoms with van der Waals surface area (Å²) in [5, 5.41) is 0. The van der Waals surface area contributed by atoms with Crippen molar-refractivity contribution in [2.24, 2.45) is 5.73 Å². The Hall–Kier alpha value is 0.270. The van der Waals surface area contributed by atoms with Crippen molar-refractivity contribution in [2.75, 3.05) is 25.6 Å². The predicted octanol–water partition coefficient (Wildman–Crippen LogP) is 2.58. The van der Waals surface area contributed by atoms with Crippen LogP contribution in [0.4, 0.5) is 0 Å². The van der Waals surface area contributed by atoms with Gasteiger partial charge >= 0.3 is 0 Å². The zero-order valence-electron chi connectivity index (χ0n) is 10.8. The highest BCUT2D eigenvalue weighted by atomic mass is 32.2. The zero-order valence-corrected chi connectivity index (χ0v) is 11.6. The second kappa shape index (κ2) is 9.49. The molecular formula is C12H28N2S. The monoisotopic (exact) mass is 232 g/mol. The highest BCUT2D eigenvalue weighted by Crippen LogP contribution is 2.13. The fourth-order valence-corrected chi connectivity index (χ4v) is 2.39. The molecule has 0 spiro atoms. The first-order valence-electron chi connectivity index (χ1n) is 6.08. The van der Waals surface area contributed by atoms with Crippen molar-refractivity contribution in [3.05, 3.63) is 0 Å². The molecule has 0 radical (unpaired) electrons. The van der Waals surface area contributed by atoms with E-state index in [4.69, 9.17) is 5.73 Å². The highest BCUT2D eigenvalue weighted by molar-refractivity contribution is 7.98. The molecule has 0 saturated heterocycles. The van der Waals surface area contributed by atoms with Crippen LogP contribution in [0.25, 0.3) is 0 Å². The van der Waals surface area contributed by atoms with E-state index in [1.807, 2.05) is 11.8 Å². The molecular weight excluding hydrogens is 204 g/mol. The van der Waals surface area contributed by atoms with Gasteiger partial charge in [-0.1, -0.05) is 13.3 Å². The molecule has 0 saturated carbocycles. The number of likely N-dealkylation sites (N-methyl/N-ethyl adjacent to an activating group) is 1. The van der Waals surface area contributed by atoms with E-state index in [-0.39, 0.29) is 0 Å². The fraction of sp³-hybridized carbons (Fsp3) is 1.00. The Labute approximate surface area is 100.0 Å². The van der Waals surface area contributed by atoms with Gasteiger partial charge in [-0.3, -0.25) is 4.90 Å². The fourth-order valence-electron chi connectivity index (χ4n) is 1.93. The van der Waals surface area contributed by atoms with Gasteiger partial charge in [0.05, 0.1) is 0 Å². The Morgan fingerprint density at radius 1 is 1.33 bits per heavy atom. The number of nitrogens with two attached hydrogens (primary N) is 1. The number of thioether (sulfide) groups is 1. The van der Waals surface area contributed by atoms with Gasteiger partial charge in [0.1, 0.15) is 0 Å². The minimum Gasteiger partial charge on any atom is -0.329 e. The van der Waals surface area contributed by atoms with E-state index < -0.39 is 0 Å². The maximum absolute atomic E-state index is 5.84. The Balaban J connectivity index is 3.91. The van der Waals surface area contributed by atoms with Crippen LogP contribution >= 0.6 is 11.8 Å². The Morgan fingerprint density at radius 2 is 2.00 bits per heavy atom. The van der Waals surface area contributed by atoms with Gasteiger partial charge in [-0.15, -0.1) is 0 Å². The van der Waals surface area contributed by atoms with E-state index in [0.717, 1.165) is 6.54 Å². The summed E-state index contributed by atoms with van der Waals surface area (Å²) < 4.78 is 0. The molecule has 0 rings (SSSR count). The van der Waals surface area contributed by atoms with Gasteiger partial charge in [-0.05, 0) is 45.2 Å². The van der Waals surface area contributed by atoms with Crippen molar-refractivity contribution in [3.8, 4) is 0 Å². The van der Waals surface area contributed by atoms with Gasteiger partial charge in [-0.2, -0.15) is 11.8 Å². The summed E-state index contributed by atoms with van der Waals surface area (Å²) in [5.41, 5.74) is 5.84. The van der Waals surface area contributed by atoms with Crippen LogP contribution < -0.4 is 5.73 Å². The standard InChI is InChI=1S/C12H28N2S/c1-5-7-11(2)14(3)12(10-13)8-6-9-15-4/h11-12H,5-10,13H2,1-4H3. The molecule has 3 heteroatoms. The summed E-state index contributed by atoms with van der Waals surface area (Å²) in [7, 11) is 2.22. The van der Waals surface area contributed by atoms with Crippen molar-refractivity contribution < 1.29 is 0 Å². The highest BCUT2D eigenvalue weighted by Gasteiger charge is 2.17. The van der Waals surface area contributed by atoms with Gasteiger partial charge in [0.25, 0.3) is 0 Å². The molecule has 0 aliphatic rings. The SMILES string of the molecule is CCCC(C)N(C)C(CN)CCCSC. The number of hydrogen-bond acceptors (Lipinski definition) is 3. The van der Waals surface area contributed by atoms with Gasteiger partial charge in [-0.25, -0.2) is 0 Å². The largest absolute Gasteiger partial charge is 0.329 e. The third-order valence-corrected chi connectivity index (χ3v) is 3.83. The third-order valence-electron chi connectivity index (χ3n) is 3.14. The summed E-state index contributed by atoms with van der Waals surface area (Å²) in [6, 6.07) is 1.23. The summed E-state index contributed by atoms with van der Waals surface area (Å²) >= 11 is 1.93. The van der Waals surface area contributed by atoms with Crippen molar-refractivity contribution in [3.63, 3.8) is 0 Å². The molecule has 0 aliphatic carbocycles. The second-order valence-corrected chi connectivity index (χ2v) is 5.31. The lowest BCUT2D eigenvalue weighted by atomic mass is 10.1. The van der Waals surface area contributed by atoms with Gasteiger partial charge < -0.3 is 5.73 Å². The Bertz CT molecular complexity index is 142. The van der Waals surface area contributed by atoms with Crippen LogP contribution in [0.1, 0.15) is 39.5 Å². The molecule has 2 nitrogen and oxygen atoms in total. The lowest BCUT2D eigenvalue weighted by molar-refractivity contribution is 0.170. The van der Waals surface area contributed by atoms with Crippen LogP contribution in [0.5, 0.6) is 0 Å². The first kappa shape index (κ1) is 15.3. The minimum atomic E-state index is 0.568. The quantitative estimate of drug-likeness (QED) is 0.620.